The monoisotopic (exact) mass is 345 g/mol. The van der Waals surface area contributed by atoms with E-state index in [1.165, 1.54) is 0 Å². The van der Waals surface area contributed by atoms with Crippen molar-refractivity contribution in [2.75, 3.05) is 44.3 Å². The van der Waals surface area contributed by atoms with E-state index in [1.807, 2.05) is 11.0 Å². The average molecular weight is 345 g/mol. The number of carbonyl (C=O) groups is 2. The maximum absolute atomic E-state index is 12.5. The van der Waals surface area contributed by atoms with Crippen molar-refractivity contribution in [1.29, 1.82) is 0 Å². The molecule has 7 heteroatoms. The highest BCUT2D eigenvalue weighted by Gasteiger charge is 2.46. The third kappa shape index (κ3) is 3.33. The zero-order valence-electron chi connectivity index (χ0n) is 14.1. The Morgan fingerprint density at radius 1 is 1.16 bits per heavy atom. The van der Waals surface area contributed by atoms with Gasteiger partial charge in [0.15, 0.2) is 0 Å². The molecule has 0 unspecified atom stereocenters. The average Bonchev–Trinajstić information content (AvgIpc) is 3.40. The van der Waals surface area contributed by atoms with E-state index in [0.717, 1.165) is 25.2 Å². The lowest BCUT2D eigenvalue weighted by atomic mass is 9.92. The van der Waals surface area contributed by atoms with Gasteiger partial charge in [-0.2, -0.15) is 0 Å². The summed E-state index contributed by atoms with van der Waals surface area (Å²) in [6, 6.07) is 3.63. The quantitative estimate of drug-likeness (QED) is 0.880. The Balaban J connectivity index is 1.45. The molecule has 1 saturated carbocycles. The summed E-state index contributed by atoms with van der Waals surface area (Å²) in [6.07, 6.45) is 3.89. The second-order valence-electron chi connectivity index (χ2n) is 7.16. The summed E-state index contributed by atoms with van der Waals surface area (Å²) in [5, 5.41) is 9.48. The predicted molar refractivity (Wildman–Crippen MR) is 90.5 cm³/mol. The molecule has 2 aliphatic heterocycles. The van der Waals surface area contributed by atoms with Gasteiger partial charge in [-0.1, -0.05) is 0 Å². The van der Waals surface area contributed by atoms with Crippen LogP contribution in [0.1, 0.15) is 23.2 Å². The Kier molecular flexibility index (Phi) is 4.33. The minimum atomic E-state index is -0.710. The number of carboxylic acid groups (broad SMARTS) is 1. The summed E-state index contributed by atoms with van der Waals surface area (Å²) >= 11 is 0. The Morgan fingerprint density at radius 3 is 2.52 bits per heavy atom. The minimum Gasteiger partial charge on any atom is -0.481 e. The van der Waals surface area contributed by atoms with Crippen LogP contribution in [0.3, 0.4) is 0 Å². The van der Waals surface area contributed by atoms with Crippen LogP contribution < -0.4 is 4.90 Å². The molecule has 3 fully saturated rings. The third-order valence-corrected chi connectivity index (χ3v) is 5.53. The van der Waals surface area contributed by atoms with Crippen LogP contribution in [0.5, 0.6) is 0 Å². The summed E-state index contributed by atoms with van der Waals surface area (Å²) in [7, 11) is 0. The highest BCUT2D eigenvalue weighted by Crippen LogP contribution is 2.44. The molecule has 134 valence electrons. The van der Waals surface area contributed by atoms with Gasteiger partial charge in [0.1, 0.15) is 5.82 Å². The maximum atomic E-state index is 12.5. The van der Waals surface area contributed by atoms with Gasteiger partial charge in [-0.15, -0.1) is 0 Å². The zero-order chi connectivity index (χ0) is 17.4. The summed E-state index contributed by atoms with van der Waals surface area (Å²) in [4.78, 5) is 32.3. The van der Waals surface area contributed by atoms with E-state index in [1.54, 1.807) is 17.2 Å². The molecule has 0 aromatic carbocycles. The van der Waals surface area contributed by atoms with Gasteiger partial charge in [-0.05, 0) is 36.8 Å². The van der Waals surface area contributed by atoms with E-state index in [-0.39, 0.29) is 17.7 Å². The zero-order valence-corrected chi connectivity index (χ0v) is 14.1. The molecule has 1 amide bonds. The fraction of sp³-hybridized carbons (Fsp3) is 0.611. The smallest absolute Gasteiger partial charge is 0.308 e. The van der Waals surface area contributed by atoms with E-state index in [0.29, 0.717) is 44.3 Å². The van der Waals surface area contributed by atoms with Crippen molar-refractivity contribution < 1.29 is 19.4 Å². The summed E-state index contributed by atoms with van der Waals surface area (Å²) in [6.45, 7) is 3.60. The first-order valence-electron chi connectivity index (χ1n) is 8.94. The molecule has 3 heterocycles. The fourth-order valence-corrected chi connectivity index (χ4v) is 3.93. The lowest BCUT2D eigenvalue weighted by Gasteiger charge is -2.27. The van der Waals surface area contributed by atoms with Crippen LogP contribution in [0.15, 0.2) is 18.3 Å². The standard InChI is InChI=1S/C18H23N3O4/c22-17(20-5-7-25-8-6-20)13-3-4-16(19-9-13)21-10-14(12-1-2-12)15(11-21)18(23)24/h3-4,9,12,14-15H,1-2,5-8,10-11H2,(H,23,24)/t14-,15+/m0/s1. The maximum Gasteiger partial charge on any atom is 0.308 e. The topological polar surface area (TPSA) is 83.0 Å². The van der Waals surface area contributed by atoms with Gasteiger partial charge in [0.25, 0.3) is 5.91 Å². The van der Waals surface area contributed by atoms with Crippen LogP contribution in [0, 0.1) is 17.8 Å². The number of aromatic nitrogens is 1. The van der Waals surface area contributed by atoms with Crippen molar-refractivity contribution in [3.05, 3.63) is 23.9 Å². The predicted octanol–water partition coefficient (Wildman–Crippen LogP) is 1.10. The molecule has 1 aliphatic carbocycles. The number of carboxylic acids is 1. The molecule has 1 N–H and O–H groups in total. The first kappa shape index (κ1) is 16.3. The molecule has 0 spiro atoms. The fourth-order valence-electron chi connectivity index (χ4n) is 3.93. The number of rotatable bonds is 4. The highest BCUT2D eigenvalue weighted by atomic mass is 16.5. The Bertz CT molecular complexity index is 653. The molecule has 4 rings (SSSR count). The number of aliphatic carboxylic acids is 1. The minimum absolute atomic E-state index is 0.0250. The second kappa shape index (κ2) is 6.63. The molecule has 0 radical (unpaired) electrons. The van der Waals surface area contributed by atoms with Crippen molar-refractivity contribution in [2.45, 2.75) is 12.8 Å². The van der Waals surface area contributed by atoms with Crippen LogP contribution in [-0.4, -0.2) is 66.3 Å². The number of carbonyl (C=O) groups excluding carboxylic acids is 1. The second-order valence-corrected chi connectivity index (χ2v) is 7.16. The number of amides is 1. The van der Waals surface area contributed by atoms with Gasteiger partial charge in [-0.25, -0.2) is 4.98 Å². The number of morpholine rings is 1. The van der Waals surface area contributed by atoms with E-state index >= 15 is 0 Å². The summed E-state index contributed by atoms with van der Waals surface area (Å²) in [5.41, 5.74) is 0.568. The van der Waals surface area contributed by atoms with Gasteiger partial charge in [0, 0.05) is 32.4 Å². The SMILES string of the molecule is O=C(O)[C@@H]1CN(c2ccc(C(=O)N3CCOCC3)cn2)C[C@H]1C1CC1. The third-order valence-electron chi connectivity index (χ3n) is 5.53. The Labute approximate surface area is 146 Å². The van der Waals surface area contributed by atoms with E-state index in [9.17, 15) is 14.7 Å². The van der Waals surface area contributed by atoms with Crippen LogP contribution in [0.2, 0.25) is 0 Å². The van der Waals surface area contributed by atoms with Crippen LogP contribution in [0.25, 0.3) is 0 Å². The van der Waals surface area contributed by atoms with E-state index in [4.69, 9.17) is 4.74 Å². The molecule has 2 atom stereocenters. The molecule has 7 nitrogen and oxygen atoms in total. The van der Waals surface area contributed by atoms with Gasteiger partial charge in [0.2, 0.25) is 0 Å². The first-order chi connectivity index (χ1) is 12.1. The number of nitrogens with zero attached hydrogens (tertiary/aromatic N) is 3. The molecular formula is C18H23N3O4. The number of ether oxygens (including phenoxy) is 1. The Hall–Kier alpha value is -2.15. The van der Waals surface area contributed by atoms with Gasteiger partial charge in [0.05, 0.1) is 24.7 Å². The van der Waals surface area contributed by atoms with Crippen molar-refractivity contribution in [2.24, 2.45) is 17.8 Å². The molecular weight excluding hydrogens is 322 g/mol. The van der Waals surface area contributed by atoms with E-state index < -0.39 is 5.97 Å². The summed E-state index contributed by atoms with van der Waals surface area (Å²) < 4.78 is 5.27. The lowest BCUT2D eigenvalue weighted by Crippen LogP contribution is -2.40. The molecule has 25 heavy (non-hydrogen) atoms. The Morgan fingerprint density at radius 2 is 1.92 bits per heavy atom. The summed E-state index contributed by atoms with van der Waals surface area (Å²) in [5.74, 6) is 0.473. The van der Waals surface area contributed by atoms with Crippen molar-refractivity contribution in [3.8, 4) is 0 Å². The normalized spacial score (nSPS) is 26.7. The van der Waals surface area contributed by atoms with Gasteiger partial charge in [-0.3, -0.25) is 9.59 Å². The number of pyridine rings is 1. The number of hydrogen-bond donors (Lipinski definition) is 1. The highest BCUT2D eigenvalue weighted by molar-refractivity contribution is 5.94. The molecule has 1 aromatic heterocycles. The van der Waals surface area contributed by atoms with Crippen molar-refractivity contribution in [3.63, 3.8) is 0 Å². The molecule has 0 bridgehead atoms. The molecule has 1 aromatic rings. The molecule has 3 aliphatic rings. The van der Waals surface area contributed by atoms with Crippen LogP contribution >= 0.6 is 0 Å². The number of hydrogen-bond acceptors (Lipinski definition) is 5. The number of anilines is 1. The van der Waals surface area contributed by atoms with Crippen molar-refractivity contribution in [1.82, 2.24) is 9.88 Å². The van der Waals surface area contributed by atoms with Crippen LogP contribution in [-0.2, 0) is 9.53 Å². The van der Waals surface area contributed by atoms with Gasteiger partial charge < -0.3 is 19.6 Å². The van der Waals surface area contributed by atoms with E-state index in [2.05, 4.69) is 4.98 Å². The van der Waals surface area contributed by atoms with Crippen LogP contribution in [0.4, 0.5) is 5.82 Å². The van der Waals surface area contributed by atoms with Gasteiger partial charge >= 0.3 is 5.97 Å². The first-order valence-corrected chi connectivity index (χ1v) is 8.94. The largest absolute Gasteiger partial charge is 0.481 e. The lowest BCUT2D eigenvalue weighted by molar-refractivity contribution is -0.142. The molecule has 2 saturated heterocycles. The van der Waals surface area contributed by atoms with Crippen molar-refractivity contribution >= 4 is 17.7 Å².